The summed E-state index contributed by atoms with van der Waals surface area (Å²) < 4.78 is 0. The highest BCUT2D eigenvalue weighted by molar-refractivity contribution is 5.98. The molecule has 2 aliphatic rings. The van der Waals surface area contributed by atoms with Gasteiger partial charge in [-0.05, 0) is 56.9 Å². The fourth-order valence-electron chi connectivity index (χ4n) is 2.19. The fraction of sp³-hybridized carbons (Fsp3) is 0.562. The molecule has 92 valence electrons. The van der Waals surface area contributed by atoms with Gasteiger partial charge in [-0.1, -0.05) is 30.4 Å². The van der Waals surface area contributed by atoms with E-state index >= 15 is 0 Å². The summed E-state index contributed by atoms with van der Waals surface area (Å²) >= 11 is 0. The minimum atomic E-state index is 0.369. The van der Waals surface area contributed by atoms with Crippen LogP contribution in [0.3, 0.4) is 0 Å². The normalized spacial score (nSPS) is 29.3. The molecule has 0 aromatic carbocycles. The van der Waals surface area contributed by atoms with Crippen molar-refractivity contribution in [2.24, 2.45) is 5.92 Å². The Kier molecular flexibility index (Phi) is 4.78. The zero-order valence-corrected chi connectivity index (χ0v) is 10.5. The topological polar surface area (TPSA) is 17.1 Å². The van der Waals surface area contributed by atoms with Crippen LogP contribution in [0.25, 0.3) is 0 Å². The molecule has 2 aliphatic carbocycles. The van der Waals surface area contributed by atoms with E-state index in [0.29, 0.717) is 11.7 Å². The summed E-state index contributed by atoms with van der Waals surface area (Å²) in [5, 5.41) is 0. The van der Waals surface area contributed by atoms with Crippen molar-refractivity contribution in [3.05, 3.63) is 36.0 Å². The first-order chi connectivity index (χ1) is 8.38. The van der Waals surface area contributed by atoms with Crippen molar-refractivity contribution < 1.29 is 4.79 Å². The van der Waals surface area contributed by atoms with Gasteiger partial charge in [0.2, 0.25) is 0 Å². The van der Waals surface area contributed by atoms with Gasteiger partial charge >= 0.3 is 0 Å². The number of carbonyl (C=O) groups is 1. The van der Waals surface area contributed by atoms with Gasteiger partial charge in [-0.25, -0.2) is 0 Å². The van der Waals surface area contributed by atoms with Crippen molar-refractivity contribution in [3.63, 3.8) is 0 Å². The molecular weight excluding hydrogens is 208 g/mol. The second kappa shape index (κ2) is 6.58. The third kappa shape index (κ3) is 4.33. The van der Waals surface area contributed by atoms with E-state index in [0.717, 1.165) is 56.9 Å². The van der Waals surface area contributed by atoms with E-state index in [1.54, 1.807) is 0 Å². The summed E-state index contributed by atoms with van der Waals surface area (Å²) in [7, 11) is 0. The molecule has 0 atom stereocenters. The molecule has 0 aromatic rings. The van der Waals surface area contributed by atoms with Gasteiger partial charge in [0, 0.05) is 5.92 Å². The maximum atomic E-state index is 12.1. The highest BCUT2D eigenvalue weighted by atomic mass is 16.1. The van der Waals surface area contributed by atoms with E-state index in [-0.39, 0.29) is 0 Å². The monoisotopic (exact) mass is 230 g/mol. The lowest BCUT2D eigenvalue weighted by atomic mass is 10.00. The third-order valence-electron chi connectivity index (χ3n) is 3.40. The van der Waals surface area contributed by atoms with Crippen LogP contribution in [0, 0.1) is 5.92 Å². The third-order valence-corrected chi connectivity index (χ3v) is 3.40. The molecule has 1 heteroatoms. The molecule has 0 radical (unpaired) electrons. The summed E-state index contributed by atoms with van der Waals surface area (Å²) in [5.74, 6) is 0.799. The minimum absolute atomic E-state index is 0.369. The molecule has 0 unspecified atom stereocenters. The van der Waals surface area contributed by atoms with E-state index in [4.69, 9.17) is 0 Å². The van der Waals surface area contributed by atoms with Crippen LogP contribution in [0.1, 0.15) is 51.4 Å². The molecule has 2 rings (SSSR count). The average molecular weight is 230 g/mol. The van der Waals surface area contributed by atoms with Crippen molar-refractivity contribution in [2.75, 3.05) is 0 Å². The first-order valence-electron chi connectivity index (χ1n) is 6.91. The van der Waals surface area contributed by atoms with Gasteiger partial charge in [0.15, 0.2) is 5.78 Å². The van der Waals surface area contributed by atoms with Crippen LogP contribution in [-0.4, -0.2) is 5.78 Å². The number of ketones is 1. The summed E-state index contributed by atoms with van der Waals surface area (Å²) in [6, 6.07) is 0. The van der Waals surface area contributed by atoms with Crippen molar-refractivity contribution in [3.8, 4) is 0 Å². The largest absolute Gasteiger partial charge is 0.294 e. The molecule has 17 heavy (non-hydrogen) atoms. The van der Waals surface area contributed by atoms with E-state index < -0.39 is 0 Å². The zero-order chi connectivity index (χ0) is 11.9. The molecule has 1 nitrogen and oxygen atoms in total. The van der Waals surface area contributed by atoms with Crippen LogP contribution in [0.2, 0.25) is 0 Å². The number of carbonyl (C=O) groups excluding carboxylic acids is 1. The molecule has 0 bridgehead atoms. The zero-order valence-electron chi connectivity index (χ0n) is 10.5. The number of Topliss-reactive ketones (excluding diaryl/α,β-unsaturated/α-hetero) is 1. The lowest BCUT2D eigenvalue weighted by molar-refractivity contribution is -0.116. The first kappa shape index (κ1) is 12.3. The van der Waals surface area contributed by atoms with E-state index in [9.17, 15) is 4.79 Å². The molecule has 0 aromatic heterocycles. The van der Waals surface area contributed by atoms with Gasteiger partial charge in [0.25, 0.3) is 0 Å². The first-order valence-corrected chi connectivity index (χ1v) is 6.91. The van der Waals surface area contributed by atoms with Crippen molar-refractivity contribution in [1.82, 2.24) is 0 Å². The molecular formula is C16H22O. The molecule has 1 saturated carbocycles. The molecule has 1 fully saturated rings. The van der Waals surface area contributed by atoms with Gasteiger partial charge in [0.1, 0.15) is 0 Å². The predicted octanol–water partition coefficient (Wildman–Crippen LogP) is 4.36. The Labute approximate surface area is 104 Å². The summed E-state index contributed by atoms with van der Waals surface area (Å²) in [6.07, 6.45) is 19.7. The van der Waals surface area contributed by atoms with E-state index in [2.05, 4.69) is 30.4 Å². The summed E-state index contributed by atoms with van der Waals surface area (Å²) in [4.78, 5) is 12.1. The lowest BCUT2D eigenvalue weighted by Crippen LogP contribution is -2.04. The molecule has 0 saturated heterocycles. The standard InChI is InChI=1S/C16H22O/c17-16(15-12-13-15)14-10-8-6-4-2-1-3-5-7-9-11-14/h2,4-5,7,10,15H,1,3,6,8-9,11-13H2/b4-2+,7-5+,14-10-. The fourth-order valence-corrected chi connectivity index (χ4v) is 2.19. The van der Waals surface area contributed by atoms with Crippen molar-refractivity contribution in [1.29, 1.82) is 0 Å². The molecule has 0 N–H and O–H groups in total. The van der Waals surface area contributed by atoms with Gasteiger partial charge < -0.3 is 0 Å². The van der Waals surface area contributed by atoms with Crippen LogP contribution in [0.4, 0.5) is 0 Å². The Hall–Kier alpha value is -1.11. The SMILES string of the molecule is O=C(/C1=C\CC/C=C/CC/C=C/CC1)C1CC1. The van der Waals surface area contributed by atoms with E-state index in [1.807, 2.05) is 0 Å². The smallest absolute Gasteiger partial charge is 0.161 e. The molecule has 0 aliphatic heterocycles. The maximum absolute atomic E-state index is 12.1. The second-order valence-electron chi connectivity index (χ2n) is 5.00. The number of allylic oxidation sites excluding steroid dienone is 6. The Morgan fingerprint density at radius 3 is 2.12 bits per heavy atom. The summed E-state index contributed by atoms with van der Waals surface area (Å²) in [6.45, 7) is 0. The second-order valence-corrected chi connectivity index (χ2v) is 5.00. The van der Waals surface area contributed by atoms with E-state index in [1.165, 1.54) is 0 Å². The summed E-state index contributed by atoms with van der Waals surface area (Å²) in [5.41, 5.74) is 1.09. The van der Waals surface area contributed by atoms with Gasteiger partial charge in [-0.2, -0.15) is 0 Å². The van der Waals surface area contributed by atoms with Crippen LogP contribution < -0.4 is 0 Å². The molecule has 0 amide bonds. The van der Waals surface area contributed by atoms with Crippen molar-refractivity contribution in [2.45, 2.75) is 51.4 Å². The minimum Gasteiger partial charge on any atom is -0.294 e. The highest BCUT2D eigenvalue weighted by Crippen LogP contribution is 2.33. The Balaban J connectivity index is 1.97. The van der Waals surface area contributed by atoms with Gasteiger partial charge in [0.05, 0.1) is 0 Å². The molecule has 0 heterocycles. The van der Waals surface area contributed by atoms with Crippen LogP contribution in [0.15, 0.2) is 36.0 Å². The Morgan fingerprint density at radius 1 is 0.882 bits per heavy atom. The highest BCUT2D eigenvalue weighted by Gasteiger charge is 2.31. The number of hydrogen-bond donors (Lipinski definition) is 0. The van der Waals surface area contributed by atoms with Gasteiger partial charge in [-0.3, -0.25) is 4.79 Å². The van der Waals surface area contributed by atoms with Crippen LogP contribution in [-0.2, 0) is 4.79 Å². The Bertz CT molecular complexity index is 343. The van der Waals surface area contributed by atoms with Crippen LogP contribution in [0.5, 0.6) is 0 Å². The van der Waals surface area contributed by atoms with Crippen molar-refractivity contribution >= 4 is 5.78 Å². The average Bonchev–Trinajstić information content (AvgIpc) is 3.13. The number of hydrogen-bond acceptors (Lipinski definition) is 1. The molecule has 0 spiro atoms. The number of rotatable bonds is 2. The van der Waals surface area contributed by atoms with Gasteiger partial charge in [-0.15, -0.1) is 0 Å². The predicted molar refractivity (Wildman–Crippen MR) is 71.8 cm³/mol. The quantitative estimate of drug-likeness (QED) is 0.644. The van der Waals surface area contributed by atoms with Crippen LogP contribution >= 0.6 is 0 Å². The Morgan fingerprint density at radius 2 is 1.47 bits per heavy atom. The maximum Gasteiger partial charge on any atom is 0.161 e. The lowest BCUT2D eigenvalue weighted by Gasteiger charge is -2.05.